The minimum absolute atomic E-state index is 0.117. The molecule has 0 heterocycles. The molecule has 3 N–H and O–H groups in total. The van der Waals surface area contributed by atoms with Crippen LogP contribution in [-0.2, 0) is 4.79 Å². The van der Waals surface area contributed by atoms with Crippen molar-refractivity contribution in [3.05, 3.63) is 29.8 Å². The third-order valence-corrected chi connectivity index (χ3v) is 2.57. The maximum atomic E-state index is 11.5. The number of benzene rings is 1. The van der Waals surface area contributed by atoms with E-state index in [0.717, 1.165) is 24.2 Å². The Bertz CT molecular complexity index is 332. The predicted molar refractivity (Wildman–Crippen MR) is 67.2 cm³/mol. The highest BCUT2D eigenvalue weighted by atomic mass is 16.1. The van der Waals surface area contributed by atoms with Crippen LogP contribution in [0.1, 0.15) is 38.2 Å². The first-order valence-corrected chi connectivity index (χ1v) is 5.75. The van der Waals surface area contributed by atoms with Gasteiger partial charge in [0.2, 0.25) is 5.91 Å². The van der Waals surface area contributed by atoms with Crippen molar-refractivity contribution < 1.29 is 4.79 Å². The number of hydrogen-bond acceptors (Lipinski definition) is 2. The maximum Gasteiger partial charge on any atom is 0.220 e. The molecule has 1 unspecified atom stereocenters. The highest BCUT2D eigenvalue weighted by molar-refractivity contribution is 5.76. The molecule has 0 aliphatic rings. The second-order valence-corrected chi connectivity index (χ2v) is 4.12. The minimum atomic E-state index is 0.117. The maximum absolute atomic E-state index is 11.5. The molecule has 3 heteroatoms. The van der Waals surface area contributed by atoms with Crippen molar-refractivity contribution in [2.45, 2.75) is 32.6 Å². The van der Waals surface area contributed by atoms with Crippen molar-refractivity contribution in [3.63, 3.8) is 0 Å². The molecule has 0 fully saturated rings. The Kier molecular flexibility index (Phi) is 4.83. The summed E-state index contributed by atoms with van der Waals surface area (Å²) in [4.78, 5) is 11.5. The van der Waals surface area contributed by atoms with E-state index in [1.165, 1.54) is 0 Å². The van der Waals surface area contributed by atoms with Gasteiger partial charge in [0.25, 0.3) is 0 Å². The fraction of sp³-hybridized carbons (Fsp3) is 0.462. The average molecular weight is 220 g/mol. The van der Waals surface area contributed by atoms with Gasteiger partial charge >= 0.3 is 0 Å². The van der Waals surface area contributed by atoms with Crippen LogP contribution >= 0.6 is 0 Å². The molecule has 0 saturated heterocycles. The molecule has 1 amide bonds. The van der Waals surface area contributed by atoms with Crippen LogP contribution in [-0.4, -0.2) is 12.5 Å². The predicted octanol–water partition coefficient (Wildman–Crippen LogP) is 2.29. The van der Waals surface area contributed by atoms with Gasteiger partial charge in [0.15, 0.2) is 0 Å². The van der Waals surface area contributed by atoms with Gasteiger partial charge < -0.3 is 11.1 Å². The monoisotopic (exact) mass is 220 g/mol. The van der Waals surface area contributed by atoms with E-state index in [-0.39, 0.29) is 11.8 Å². The molecule has 0 saturated carbocycles. The van der Waals surface area contributed by atoms with E-state index < -0.39 is 0 Å². The Hall–Kier alpha value is -1.51. The topological polar surface area (TPSA) is 55.1 Å². The third-order valence-electron chi connectivity index (χ3n) is 2.57. The summed E-state index contributed by atoms with van der Waals surface area (Å²) in [6.07, 6.45) is 1.51. The molecule has 1 rings (SSSR count). The summed E-state index contributed by atoms with van der Waals surface area (Å²) >= 11 is 0. The van der Waals surface area contributed by atoms with Crippen molar-refractivity contribution in [2.75, 3.05) is 12.3 Å². The number of hydrogen-bond donors (Lipinski definition) is 2. The lowest BCUT2D eigenvalue weighted by atomic mass is 9.97. The van der Waals surface area contributed by atoms with Crippen LogP contribution in [0, 0.1) is 0 Å². The lowest BCUT2D eigenvalue weighted by molar-refractivity contribution is -0.121. The van der Waals surface area contributed by atoms with Gasteiger partial charge in [-0.05, 0) is 30.0 Å². The summed E-state index contributed by atoms with van der Waals surface area (Å²) in [5, 5.41) is 2.88. The summed E-state index contributed by atoms with van der Waals surface area (Å²) in [5.74, 6) is 0.351. The van der Waals surface area contributed by atoms with Gasteiger partial charge in [-0.2, -0.15) is 0 Å². The standard InChI is InChI=1S/C13H20N2O/c1-3-8-15-13(16)9-10(2)11-4-6-12(14)7-5-11/h4-7,10H,3,8-9,14H2,1-2H3,(H,15,16). The van der Waals surface area contributed by atoms with Gasteiger partial charge in [-0.3, -0.25) is 4.79 Å². The quantitative estimate of drug-likeness (QED) is 0.748. The number of carbonyl (C=O) groups excluding carboxylic acids is 1. The number of nitrogens with one attached hydrogen (secondary N) is 1. The molecule has 0 aliphatic carbocycles. The van der Waals surface area contributed by atoms with Crippen LogP contribution in [0.4, 0.5) is 5.69 Å². The SMILES string of the molecule is CCCNC(=O)CC(C)c1ccc(N)cc1. The van der Waals surface area contributed by atoms with E-state index in [2.05, 4.69) is 12.2 Å². The molecule has 1 atom stereocenters. The van der Waals surface area contributed by atoms with Crippen LogP contribution in [0.15, 0.2) is 24.3 Å². The summed E-state index contributed by atoms with van der Waals surface area (Å²) in [7, 11) is 0. The molecular formula is C13H20N2O. The van der Waals surface area contributed by atoms with Gasteiger partial charge in [-0.25, -0.2) is 0 Å². The second-order valence-electron chi connectivity index (χ2n) is 4.12. The number of rotatable bonds is 5. The summed E-state index contributed by atoms with van der Waals surface area (Å²) < 4.78 is 0. The van der Waals surface area contributed by atoms with Crippen LogP contribution < -0.4 is 11.1 Å². The Morgan fingerprint density at radius 2 is 2.00 bits per heavy atom. The van der Waals surface area contributed by atoms with Gasteiger partial charge in [-0.15, -0.1) is 0 Å². The van der Waals surface area contributed by atoms with E-state index in [1.54, 1.807) is 0 Å². The van der Waals surface area contributed by atoms with E-state index in [0.29, 0.717) is 6.42 Å². The first-order valence-electron chi connectivity index (χ1n) is 5.75. The molecule has 0 aliphatic heterocycles. The lowest BCUT2D eigenvalue weighted by Gasteiger charge is -2.11. The molecule has 1 aromatic rings. The zero-order chi connectivity index (χ0) is 12.0. The Labute approximate surface area is 97.0 Å². The number of anilines is 1. The highest BCUT2D eigenvalue weighted by Crippen LogP contribution is 2.19. The number of carbonyl (C=O) groups is 1. The van der Waals surface area contributed by atoms with E-state index in [9.17, 15) is 4.79 Å². The van der Waals surface area contributed by atoms with Crippen LogP contribution in [0.25, 0.3) is 0 Å². The fourth-order valence-electron chi connectivity index (χ4n) is 1.56. The van der Waals surface area contributed by atoms with E-state index in [1.807, 2.05) is 31.2 Å². The van der Waals surface area contributed by atoms with Crippen molar-refractivity contribution in [1.29, 1.82) is 0 Å². The first-order chi connectivity index (χ1) is 7.63. The van der Waals surface area contributed by atoms with Crippen molar-refractivity contribution >= 4 is 11.6 Å². The van der Waals surface area contributed by atoms with Gasteiger partial charge in [0, 0.05) is 18.7 Å². The first kappa shape index (κ1) is 12.6. The zero-order valence-corrected chi connectivity index (χ0v) is 9.99. The molecule has 0 aromatic heterocycles. The van der Waals surface area contributed by atoms with E-state index >= 15 is 0 Å². The Morgan fingerprint density at radius 1 is 1.38 bits per heavy atom. The van der Waals surface area contributed by atoms with Crippen molar-refractivity contribution in [2.24, 2.45) is 0 Å². The smallest absolute Gasteiger partial charge is 0.220 e. The normalized spacial score (nSPS) is 12.1. The molecular weight excluding hydrogens is 200 g/mol. The van der Waals surface area contributed by atoms with E-state index in [4.69, 9.17) is 5.73 Å². The van der Waals surface area contributed by atoms with Crippen LogP contribution in [0.2, 0.25) is 0 Å². The average Bonchev–Trinajstić information content (AvgIpc) is 2.27. The number of nitrogens with two attached hydrogens (primary N) is 1. The molecule has 0 bridgehead atoms. The summed E-state index contributed by atoms with van der Waals surface area (Å²) in [6.45, 7) is 4.86. The lowest BCUT2D eigenvalue weighted by Crippen LogP contribution is -2.25. The van der Waals surface area contributed by atoms with Crippen molar-refractivity contribution in [3.8, 4) is 0 Å². The van der Waals surface area contributed by atoms with Crippen LogP contribution in [0.5, 0.6) is 0 Å². The van der Waals surface area contributed by atoms with Gasteiger partial charge in [0.1, 0.15) is 0 Å². The van der Waals surface area contributed by atoms with Gasteiger partial charge in [0.05, 0.1) is 0 Å². The molecule has 1 aromatic carbocycles. The molecule has 88 valence electrons. The van der Waals surface area contributed by atoms with Crippen molar-refractivity contribution in [1.82, 2.24) is 5.32 Å². The molecule has 3 nitrogen and oxygen atoms in total. The van der Waals surface area contributed by atoms with Gasteiger partial charge in [-0.1, -0.05) is 26.0 Å². The van der Waals surface area contributed by atoms with Crippen LogP contribution in [0.3, 0.4) is 0 Å². The Morgan fingerprint density at radius 3 is 2.56 bits per heavy atom. The highest BCUT2D eigenvalue weighted by Gasteiger charge is 2.10. The Balaban J connectivity index is 2.48. The number of amides is 1. The minimum Gasteiger partial charge on any atom is -0.399 e. The summed E-state index contributed by atoms with van der Waals surface area (Å²) in [6, 6.07) is 7.70. The second kappa shape index (κ2) is 6.16. The summed E-state index contributed by atoms with van der Waals surface area (Å²) in [5.41, 5.74) is 7.52. The fourth-order valence-corrected chi connectivity index (χ4v) is 1.56. The number of nitrogen functional groups attached to an aromatic ring is 1. The largest absolute Gasteiger partial charge is 0.399 e. The molecule has 16 heavy (non-hydrogen) atoms. The third kappa shape index (κ3) is 3.93. The zero-order valence-electron chi connectivity index (χ0n) is 9.99. The molecule has 0 spiro atoms. The molecule has 0 radical (unpaired) electrons.